The molecule has 0 aliphatic carbocycles. The van der Waals surface area contributed by atoms with Crippen molar-refractivity contribution in [2.75, 3.05) is 18.0 Å². The van der Waals surface area contributed by atoms with Crippen molar-refractivity contribution in [3.63, 3.8) is 0 Å². The molecule has 0 spiro atoms. The highest BCUT2D eigenvalue weighted by Crippen LogP contribution is 2.31. The van der Waals surface area contributed by atoms with Gasteiger partial charge in [-0.2, -0.15) is 5.10 Å². The Bertz CT molecular complexity index is 1390. The summed E-state index contributed by atoms with van der Waals surface area (Å²) >= 11 is 0. The number of anilines is 1. The molecule has 1 saturated heterocycles. The van der Waals surface area contributed by atoms with Crippen molar-refractivity contribution >= 4 is 16.9 Å². The molecule has 4 heterocycles. The zero-order valence-corrected chi connectivity index (χ0v) is 22.3. The van der Waals surface area contributed by atoms with Crippen LogP contribution in [0.4, 0.5) is 5.82 Å². The summed E-state index contributed by atoms with van der Waals surface area (Å²) < 4.78 is 2.33. The zero-order valence-electron chi connectivity index (χ0n) is 22.3. The van der Waals surface area contributed by atoms with Crippen LogP contribution in [0.3, 0.4) is 0 Å². The van der Waals surface area contributed by atoms with Crippen molar-refractivity contribution in [3.05, 3.63) is 72.3 Å². The fourth-order valence-corrected chi connectivity index (χ4v) is 5.07. The number of rotatable bonds is 9. The first-order valence-corrected chi connectivity index (χ1v) is 13.4. The Balaban J connectivity index is 1.59. The third kappa shape index (κ3) is 5.17. The molecule has 0 radical (unpaired) electrons. The summed E-state index contributed by atoms with van der Waals surface area (Å²) in [5, 5.41) is 10.3. The van der Waals surface area contributed by atoms with Crippen LogP contribution in [-0.4, -0.2) is 43.9 Å². The Labute approximate surface area is 219 Å². The van der Waals surface area contributed by atoms with Crippen LogP contribution < -0.4 is 10.2 Å². The number of imidazole rings is 1. The molecule has 1 aliphatic rings. The van der Waals surface area contributed by atoms with Gasteiger partial charge < -0.3 is 14.8 Å². The molecule has 5 rings (SSSR count). The van der Waals surface area contributed by atoms with E-state index < -0.39 is 0 Å². The number of allylic oxidation sites excluding steroid dienone is 3. The normalized spacial score (nSPS) is 16.6. The lowest BCUT2D eigenvalue weighted by Crippen LogP contribution is -2.26. The van der Waals surface area contributed by atoms with Gasteiger partial charge in [-0.15, -0.1) is 0 Å². The van der Waals surface area contributed by atoms with Gasteiger partial charge in [0.2, 0.25) is 0 Å². The van der Waals surface area contributed by atoms with Crippen LogP contribution in [0.25, 0.3) is 33.5 Å². The van der Waals surface area contributed by atoms with E-state index in [9.17, 15) is 0 Å². The van der Waals surface area contributed by atoms with E-state index in [1.165, 1.54) is 24.0 Å². The number of aromatic amines is 1. The molecule has 1 fully saturated rings. The van der Waals surface area contributed by atoms with Gasteiger partial charge in [0.1, 0.15) is 11.6 Å². The molecule has 0 bridgehead atoms. The molecule has 0 saturated carbocycles. The number of hydrogen-bond donors (Lipinski definition) is 2. The number of H-pyrrole nitrogens is 1. The Morgan fingerprint density at radius 1 is 1.14 bits per heavy atom. The molecule has 1 atom stereocenters. The summed E-state index contributed by atoms with van der Waals surface area (Å²) in [4.78, 5) is 12.4. The van der Waals surface area contributed by atoms with E-state index in [-0.39, 0.29) is 0 Å². The number of aromatic nitrogens is 5. The monoisotopic (exact) mass is 495 g/mol. The minimum atomic E-state index is 0.539. The second kappa shape index (κ2) is 11.0. The van der Waals surface area contributed by atoms with Crippen LogP contribution in [0.2, 0.25) is 0 Å². The molecule has 7 nitrogen and oxygen atoms in total. The summed E-state index contributed by atoms with van der Waals surface area (Å²) in [5.74, 6) is 1.99. The van der Waals surface area contributed by atoms with Gasteiger partial charge in [-0.05, 0) is 87.7 Å². The average Bonchev–Trinajstić information content (AvgIpc) is 3.68. The van der Waals surface area contributed by atoms with Crippen molar-refractivity contribution < 1.29 is 0 Å². The van der Waals surface area contributed by atoms with E-state index in [1.54, 1.807) is 0 Å². The molecule has 37 heavy (non-hydrogen) atoms. The van der Waals surface area contributed by atoms with E-state index in [0.717, 1.165) is 65.4 Å². The summed E-state index contributed by atoms with van der Waals surface area (Å²) in [7, 11) is 0. The van der Waals surface area contributed by atoms with Crippen LogP contribution in [0, 0.1) is 0 Å². The van der Waals surface area contributed by atoms with Crippen LogP contribution in [0.5, 0.6) is 0 Å². The molecule has 192 valence electrons. The zero-order chi connectivity index (χ0) is 25.8. The largest absolute Gasteiger partial charge is 0.391 e. The first-order chi connectivity index (χ1) is 18.1. The van der Waals surface area contributed by atoms with Gasteiger partial charge in [-0.25, -0.2) is 9.97 Å². The van der Waals surface area contributed by atoms with Gasteiger partial charge in [0, 0.05) is 49.2 Å². The number of nitrogens with one attached hydrogen (secondary N) is 2. The lowest BCUT2D eigenvalue weighted by molar-refractivity contribution is 0.727. The number of hydrogen-bond acceptors (Lipinski definition) is 5. The maximum absolute atomic E-state index is 5.15. The van der Waals surface area contributed by atoms with E-state index in [1.807, 2.05) is 18.6 Å². The van der Waals surface area contributed by atoms with Crippen molar-refractivity contribution in [2.24, 2.45) is 0 Å². The predicted molar refractivity (Wildman–Crippen MR) is 152 cm³/mol. The van der Waals surface area contributed by atoms with Crippen LogP contribution in [0.1, 0.15) is 47.0 Å². The number of benzene rings is 1. The molecular weight excluding hydrogens is 458 g/mol. The van der Waals surface area contributed by atoms with Crippen LogP contribution >= 0.6 is 0 Å². The first-order valence-electron chi connectivity index (χ1n) is 13.4. The first kappa shape index (κ1) is 24.8. The van der Waals surface area contributed by atoms with Gasteiger partial charge in [-0.3, -0.25) is 5.10 Å². The van der Waals surface area contributed by atoms with Crippen LogP contribution in [0.15, 0.2) is 72.3 Å². The quantitative estimate of drug-likeness (QED) is 0.266. The van der Waals surface area contributed by atoms with E-state index in [0.29, 0.717) is 6.04 Å². The van der Waals surface area contributed by atoms with E-state index >= 15 is 0 Å². The number of pyridine rings is 1. The lowest BCUT2D eigenvalue weighted by atomic mass is 10.1. The Morgan fingerprint density at radius 2 is 2.00 bits per heavy atom. The fraction of sp³-hybridized carbons (Fsp3) is 0.367. The molecule has 1 aliphatic heterocycles. The maximum Gasteiger partial charge on any atom is 0.143 e. The third-order valence-corrected chi connectivity index (χ3v) is 7.45. The highest BCUT2D eigenvalue weighted by molar-refractivity contribution is 5.85. The maximum atomic E-state index is 5.15. The van der Waals surface area contributed by atoms with E-state index in [2.05, 4.69) is 95.3 Å². The number of nitrogens with zero attached hydrogens (tertiary/aromatic N) is 5. The predicted octanol–water partition coefficient (Wildman–Crippen LogP) is 6.33. The highest BCUT2D eigenvalue weighted by Gasteiger charge is 2.22. The van der Waals surface area contributed by atoms with Crippen molar-refractivity contribution in [2.45, 2.75) is 59.5 Å². The Kier molecular flexibility index (Phi) is 7.40. The molecule has 4 aromatic rings. The second-order valence-electron chi connectivity index (χ2n) is 9.85. The molecule has 7 heteroatoms. The molecule has 0 amide bonds. The molecule has 3 aromatic heterocycles. The van der Waals surface area contributed by atoms with Gasteiger partial charge in [-0.1, -0.05) is 18.6 Å². The van der Waals surface area contributed by atoms with Crippen LogP contribution in [-0.2, 0) is 6.54 Å². The van der Waals surface area contributed by atoms with E-state index in [4.69, 9.17) is 9.97 Å². The third-order valence-electron chi connectivity index (χ3n) is 7.45. The van der Waals surface area contributed by atoms with Gasteiger partial charge >= 0.3 is 0 Å². The highest BCUT2D eigenvalue weighted by atomic mass is 15.2. The van der Waals surface area contributed by atoms with Crippen molar-refractivity contribution in [1.82, 2.24) is 30.0 Å². The summed E-state index contributed by atoms with van der Waals surface area (Å²) in [5.41, 5.74) is 7.92. The minimum Gasteiger partial charge on any atom is -0.391 e. The smallest absolute Gasteiger partial charge is 0.143 e. The van der Waals surface area contributed by atoms with Crippen molar-refractivity contribution in [3.8, 4) is 22.5 Å². The summed E-state index contributed by atoms with van der Waals surface area (Å²) in [6.45, 7) is 11.5. The summed E-state index contributed by atoms with van der Waals surface area (Å²) in [6, 6.07) is 11.3. The molecular formula is C30H37N7. The lowest BCUT2D eigenvalue weighted by Gasteiger charge is -2.22. The molecule has 1 aromatic carbocycles. The number of fused-ring (bicyclic) bond motifs is 1. The van der Waals surface area contributed by atoms with Gasteiger partial charge in [0.25, 0.3) is 0 Å². The Hall–Kier alpha value is -3.87. The molecule has 1 unspecified atom stereocenters. The minimum absolute atomic E-state index is 0.539. The SMILES string of the molecule is CCN/C=C\C(Cn1c(-c2ccc(N3CCCC3C)nc2)nc2cc(-c3cn[nH]c3)ccc21)=C(/C)CC. The van der Waals surface area contributed by atoms with Gasteiger partial charge in [0.15, 0.2) is 0 Å². The summed E-state index contributed by atoms with van der Waals surface area (Å²) in [6.07, 6.45) is 13.5. The fourth-order valence-electron chi connectivity index (χ4n) is 5.07. The topological polar surface area (TPSA) is 74.7 Å². The average molecular weight is 496 g/mol. The second-order valence-corrected chi connectivity index (χ2v) is 9.85. The molecule has 2 N–H and O–H groups in total. The Morgan fingerprint density at radius 3 is 2.68 bits per heavy atom. The standard InChI is InChI=1S/C30H37N7/c1-5-21(3)25(13-14-31-6-2)20-37-28-11-9-23(26-18-33-34-19-26)16-27(28)35-30(37)24-10-12-29(32-17-24)36-15-7-8-22(36)4/h9-14,16-19,22,31H,5-8,15,20H2,1-4H3,(H,33,34)/b14-13-,25-21-. The van der Waals surface area contributed by atoms with Gasteiger partial charge in [0.05, 0.1) is 17.2 Å². The van der Waals surface area contributed by atoms with Crippen molar-refractivity contribution in [1.29, 1.82) is 0 Å².